The Morgan fingerprint density at radius 3 is 2.42 bits per heavy atom. The Hall–Kier alpha value is -3.10. The Kier molecular flexibility index (Phi) is 11.0. The first kappa shape index (κ1) is 27.5. The quantitative estimate of drug-likeness (QED) is 0.328. The highest BCUT2D eigenvalue weighted by Gasteiger charge is 2.37. The third-order valence-corrected chi connectivity index (χ3v) is 7.04. The van der Waals surface area contributed by atoms with Crippen LogP contribution < -0.4 is 16.0 Å². The SMILES string of the molecule is O=C(CCCCCNC(=O)NC1CCCCC1)N[C@@H](Cc1ccccc1)C(=O)N1CCC[C@H]1C(=O)O. The Bertz CT molecular complexity index is 872. The molecule has 2 atom stereocenters. The second-order valence-corrected chi connectivity index (χ2v) is 9.88. The molecule has 1 saturated heterocycles. The maximum atomic E-state index is 13.2. The molecule has 1 aromatic carbocycles. The zero-order chi connectivity index (χ0) is 25.8. The van der Waals surface area contributed by atoms with Gasteiger partial charge >= 0.3 is 12.0 Å². The van der Waals surface area contributed by atoms with Gasteiger partial charge in [-0.1, -0.05) is 56.0 Å². The third-order valence-electron chi connectivity index (χ3n) is 7.04. The van der Waals surface area contributed by atoms with Crippen LogP contribution in [0.1, 0.15) is 76.2 Å². The van der Waals surface area contributed by atoms with E-state index in [0.717, 1.165) is 31.2 Å². The zero-order valence-corrected chi connectivity index (χ0v) is 21.0. The van der Waals surface area contributed by atoms with Crippen molar-refractivity contribution in [2.24, 2.45) is 0 Å². The van der Waals surface area contributed by atoms with Crippen molar-refractivity contribution in [1.29, 1.82) is 0 Å². The fourth-order valence-corrected chi connectivity index (χ4v) is 5.08. The summed E-state index contributed by atoms with van der Waals surface area (Å²) >= 11 is 0. The molecule has 0 radical (unpaired) electrons. The second-order valence-electron chi connectivity index (χ2n) is 9.88. The lowest BCUT2D eigenvalue weighted by molar-refractivity contribution is -0.149. The van der Waals surface area contributed by atoms with Gasteiger partial charge in [0.25, 0.3) is 0 Å². The van der Waals surface area contributed by atoms with E-state index in [1.54, 1.807) is 0 Å². The van der Waals surface area contributed by atoms with Gasteiger partial charge < -0.3 is 26.0 Å². The molecular weight excluding hydrogens is 460 g/mol. The molecular formula is C27H40N4O5. The Morgan fingerprint density at radius 1 is 0.944 bits per heavy atom. The molecule has 36 heavy (non-hydrogen) atoms. The van der Waals surface area contributed by atoms with Crippen molar-refractivity contribution < 1.29 is 24.3 Å². The first-order valence-electron chi connectivity index (χ1n) is 13.3. The van der Waals surface area contributed by atoms with Crippen LogP contribution in [-0.4, -0.2) is 65.0 Å². The van der Waals surface area contributed by atoms with Crippen LogP contribution in [0.2, 0.25) is 0 Å². The minimum Gasteiger partial charge on any atom is -0.480 e. The number of unbranched alkanes of at least 4 members (excludes halogenated alkanes) is 2. The lowest BCUT2D eigenvalue weighted by Gasteiger charge is -2.27. The van der Waals surface area contributed by atoms with Gasteiger partial charge in [0.1, 0.15) is 12.1 Å². The normalized spacial score (nSPS) is 18.9. The molecule has 3 rings (SSSR count). The van der Waals surface area contributed by atoms with E-state index in [1.807, 2.05) is 30.3 Å². The van der Waals surface area contributed by atoms with Crippen molar-refractivity contribution in [3.05, 3.63) is 35.9 Å². The summed E-state index contributed by atoms with van der Waals surface area (Å²) in [6.45, 7) is 0.944. The van der Waals surface area contributed by atoms with Gasteiger partial charge in [0.15, 0.2) is 0 Å². The van der Waals surface area contributed by atoms with Gasteiger partial charge in [-0.25, -0.2) is 9.59 Å². The van der Waals surface area contributed by atoms with E-state index in [1.165, 1.54) is 24.2 Å². The highest BCUT2D eigenvalue weighted by Crippen LogP contribution is 2.20. The van der Waals surface area contributed by atoms with Crippen LogP contribution in [-0.2, 0) is 20.8 Å². The molecule has 0 unspecified atom stereocenters. The van der Waals surface area contributed by atoms with Crippen LogP contribution in [0.15, 0.2) is 30.3 Å². The summed E-state index contributed by atoms with van der Waals surface area (Å²) in [5.41, 5.74) is 0.903. The Balaban J connectivity index is 1.41. The molecule has 2 aliphatic rings. The van der Waals surface area contributed by atoms with Gasteiger partial charge in [-0.15, -0.1) is 0 Å². The highest BCUT2D eigenvalue weighted by molar-refractivity contribution is 5.91. The van der Waals surface area contributed by atoms with Crippen molar-refractivity contribution in [1.82, 2.24) is 20.9 Å². The number of benzene rings is 1. The van der Waals surface area contributed by atoms with Crippen LogP contribution in [0.5, 0.6) is 0 Å². The summed E-state index contributed by atoms with van der Waals surface area (Å²) in [6.07, 6.45) is 9.53. The topological polar surface area (TPSA) is 128 Å². The number of carbonyl (C=O) groups excluding carboxylic acids is 3. The molecule has 0 spiro atoms. The molecule has 1 aliphatic heterocycles. The van der Waals surface area contributed by atoms with E-state index in [2.05, 4.69) is 16.0 Å². The standard InChI is InChI=1S/C27H40N4O5/c32-24(16-8-3-9-17-28-27(36)29-21-13-6-2-7-14-21)30-22(19-20-11-4-1-5-12-20)25(33)31-18-10-15-23(31)26(34)35/h1,4-5,11-12,21-23H,2-3,6-10,13-19H2,(H,30,32)(H,34,35)(H2,28,29,36)/t22-,23-/m0/s1. The number of aliphatic carboxylic acids is 1. The minimum absolute atomic E-state index is 0.122. The number of hydrogen-bond donors (Lipinski definition) is 4. The first-order valence-corrected chi connectivity index (χ1v) is 13.3. The second kappa shape index (κ2) is 14.5. The molecule has 4 N–H and O–H groups in total. The van der Waals surface area contributed by atoms with E-state index in [9.17, 15) is 24.3 Å². The number of carbonyl (C=O) groups is 4. The maximum absolute atomic E-state index is 13.2. The lowest BCUT2D eigenvalue weighted by Crippen LogP contribution is -2.52. The number of likely N-dealkylation sites (tertiary alicyclic amines) is 1. The monoisotopic (exact) mass is 500 g/mol. The largest absolute Gasteiger partial charge is 0.480 e. The Morgan fingerprint density at radius 2 is 1.69 bits per heavy atom. The number of carboxylic acids is 1. The van der Waals surface area contributed by atoms with Crippen LogP contribution >= 0.6 is 0 Å². The molecule has 4 amide bonds. The van der Waals surface area contributed by atoms with Gasteiger partial charge in [-0.05, 0) is 44.1 Å². The number of urea groups is 1. The van der Waals surface area contributed by atoms with E-state index in [4.69, 9.17) is 0 Å². The van der Waals surface area contributed by atoms with Gasteiger partial charge in [-0.2, -0.15) is 0 Å². The predicted molar refractivity (Wildman–Crippen MR) is 136 cm³/mol. The molecule has 1 heterocycles. The van der Waals surface area contributed by atoms with Crippen LogP contribution in [0.4, 0.5) is 4.79 Å². The van der Waals surface area contributed by atoms with E-state index in [0.29, 0.717) is 38.8 Å². The van der Waals surface area contributed by atoms with Gasteiger partial charge in [0, 0.05) is 32.0 Å². The molecule has 0 bridgehead atoms. The number of rotatable bonds is 12. The fourth-order valence-electron chi connectivity index (χ4n) is 5.08. The average Bonchev–Trinajstić information content (AvgIpc) is 3.37. The molecule has 198 valence electrons. The van der Waals surface area contributed by atoms with Crippen molar-refractivity contribution in [3.63, 3.8) is 0 Å². The summed E-state index contributed by atoms with van der Waals surface area (Å²) in [7, 11) is 0. The zero-order valence-electron chi connectivity index (χ0n) is 21.0. The summed E-state index contributed by atoms with van der Waals surface area (Å²) in [4.78, 5) is 50.9. The first-order chi connectivity index (χ1) is 17.4. The summed E-state index contributed by atoms with van der Waals surface area (Å²) in [5.74, 6) is -1.57. The number of nitrogens with zero attached hydrogens (tertiary/aromatic N) is 1. The molecule has 2 fully saturated rings. The highest BCUT2D eigenvalue weighted by atomic mass is 16.4. The molecule has 1 saturated carbocycles. The average molecular weight is 501 g/mol. The van der Waals surface area contributed by atoms with E-state index < -0.39 is 18.1 Å². The molecule has 9 nitrogen and oxygen atoms in total. The van der Waals surface area contributed by atoms with Crippen LogP contribution in [0.25, 0.3) is 0 Å². The maximum Gasteiger partial charge on any atom is 0.326 e. The summed E-state index contributed by atoms with van der Waals surface area (Å²) in [6, 6.07) is 7.93. The molecule has 0 aromatic heterocycles. The summed E-state index contributed by atoms with van der Waals surface area (Å²) < 4.78 is 0. The summed E-state index contributed by atoms with van der Waals surface area (Å²) in [5, 5.41) is 18.2. The van der Waals surface area contributed by atoms with Crippen molar-refractivity contribution in [3.8, 4) is 0 Å². The Labute approximate surface area is 213 Å². The fraction of sp³-hybridized carbons (Fsp3) is 0.630. The van der Waals surface area contributed by atoms with Gasteiger partial charge in [0.05, 0.1) is 0 Å². The van der Waals surface area contributed by atoms with Crippen LogP contribution in [0.3, 0.4) is 0 Å². The van der Waals surface area contributed by atoms with Crippen molar-refractivity contribution >= 4 is 23.8 Å². The number of carboxylic acid groups (broad SMARTS) is 1. The third kappa shape index (κ3) is 8.84. The number of amides is 4. The predicted octanol–water partition coefficient (Wildman–Crippen LogP) is 2.98. The van der Waals surface area contributed by atoms with Gasteiger partial charge in [-0.3, -0.25) is 9.59 Å². The smallest absolute Gasteiger partial charge is 0.326 e. The number of nitrogens with one attached hydrogen (secondary N) is 3. The lowest BCUT2D eigenvalue weighted by atomic mass is 9.96. The van der Waals surface area contributed by atoms with Crippen molar-refractivity contribution in [2.45, 2.75) is 95.2 Å². The van der Waals surface area contributed by atoms with E-state index in [-0.39, 0.29) is 30.3 Å². The minimum atomic E-state index is -1.01. The molecule has 9 heteroatoms. The van der Waals surface area contributed by atoms with Gasteiger partial charge in [0.2, 0.25) is 11.8 Å². The van der Waals surface area contributed by atoms with E-state index >= 15 is 0 Å². The molecule has 1 aromatic rings. The molecule has 1 aliphatic carbocycles. The van der Waals surface area contributed by atoms with Crippen molar-refractivity contribution in [2.75, 3.05) is 13.1 Å². The van der Waals surface area contributed by atoms with Crippen LogP contribution in [0, 0.1) is 0 Å². The number of hydrogen-bond acceptors (Lipinski definition) is 4.